The molecule has 23 heavy (non-hydrogen) atoms. The maximum Gasteiger partial charge on any atom is 0.186 e. The van der Waals surface area contributed by atoms with Crippen LogP contribution in [0.3, 0.4) is 0 Å². The van der Waals surface area contributed by atoms with Gasteiger partial charge in [0, 0.05) is 0 Å². The minimum atomic E-state index is -1.43. The molecule has 2 aliphatic rings. The van der Waals surface area contributed by atoms with Gasteiger partial charge in [0.1, 0.15) is 42.7 Å². The Morgan fingerprint density at radius 1 is 0.870 bits per heavy atom. The second kappa shape index (κ2) is 7.66. The second-order valence-electron chi connectivity index (χ2n) is 5.93. The molecular weight excluding hydrogens is 314 g/mol. The molecule has 2 rings (SSSR count). The molecule has 10 nitrogen and oxygen atoms in total. The van der Waals surface area contributed by atoms with Gasteiger partial charge in [-0.05, 0) is 6.92 Å². The molecule has 0 radical (unpaired) electrons. The van der Waals surface area contributed by atoms with E-state index in [4.69, 9.17) is 19.9 Å². The predicted octanol–water partition coefficient (Wildman–Crippen LogP) is -4.36. The van der Waals surface area contributed by atoms with Gasteiger partial charge in [-0.25, -0.2) is 0 Å². The van der Waals surface area contributed by atoms with Crippen molar-refractivity contribution in [3.05, 3.63) is 0 Å². The maximum atomic E-state index is 10.1. The Morgan fingerprint density at radius 3 is 2.04 bits per heavy atom. The van der Waals surface area contributed by atoms with E-state index in [-0.39, 0.29) is 0 Å². The average Bonchev–Trinajstić information content (AvgIpc) is 2.55. The van der Waals surface area contributed by atoms with E-state index in [1.807, 2.05) is 0 Å². The average molecular weight is 339 g/mol. The van der Waals surface area contributed by atoms with E-state index in [1.54, 1.807) is 0 Å². The van der Waals surface area contributed by atoms with Crippen LogP contribution in [0.4, 0.5) is 0 Å². The van der Waals surface area contributed by atoms with Crippen LogP contribution in [0, 0.1) is 0 Å². The Bertz CT molecular complexity index is 382. The molecule has 10 heteroatoms. The molecule has 0 aromatic heterocycles. The van der Waals surface area contributed by atoms with E-state index in [1.165, 1.54) is 6.92 Å². The van der Waals surface area contributed by atoms with Crippen LogP contribution in [0.2, 0.25) is 0 Å². The second-order valence-corrected chi connectivity index (χ2v) is 5.93. The summed E-state index contributed by atoms with van der Waals surface area (Å²) >= 11 is 0. The molecule has 0 aliphatic carbocycles. The summed E-state index contributed by atoms with van der Waals surface area (Å²) in [6.07, 6.45) is -10.7. The van der Waals surface area contributed by atoms with Crippen LogP contribution in [0.1, 0.15) is 6.92 Å². The Morgan fingerprint density at radius 2 is 1.48 bits per heavy atom. The highest BCUT2D eigenvalue weighted by molar-refractivity contribution is 4.95. The van der Waals surface area contributed by atoms with E-state index in [0.717, 1.165) is 0 Å². The van der Waals surface area contributed by atoms with Crippen molar-refractivity contribution < 1.29 is 44.8 Å². The van der Waals surface area contributed by atoms with Gasteiger partial charge in [0.05, 0.1) is 25.4 Å². The summed E-state index contributed by atoms with van der Waals surface area (Å²) in [5.41, 5.74) is 5.67. The summed E-state index contributed by atoms with van der Waals surface area (Å²) in [7, 11) is 0. The molecule has 0 bridgehead atoms. The van der Waals surface area contributed by atoms with Gasteiger partial charge in [-0.1, -0.05) is 0 Å². The van der Waals surface area contributed by atoms with E-state index in [9.17, 15) is 30.6 Å². The van der Waals surface area contributed by atoms with Gasteiger partial charge >= 0.3 is 0 Å². The SMILES string of the molecule is C[C@H]1O[C@H](CO)[C@@H](OC2O[C@H](CO)[C@@H](O)[C@@H](N)[C@@H]2O)[C@H](O)[C@H]1O. The molecule has 0 amide bonds. The third-order valence-electron chi connectivity index (χ3n) is 4.33. The Kier molecular flexibility index (Phi) is 6.30. The number of nitrogens with two attached hydrogens (primary N) is 1. The quantitative estimate of drug-likeness (QED) is 0.265. The standard InChI is InChI=1S/C13H25NO9/c1-4-8(17)11(20)12(6(3-16)21-4)23-13-10(19)7(14)9(18)5(2-15)22-13/h4-13,15-20H,2-3,14H2,1H3/t4-,5-,6-,7-,8+,9-,10+,11-,12-,13?/m1/s1. The molecule has 0 saturated carbocycles. The largest absolute Gasteiger partial charge is 0.394 e. The molecular formula is C13H25NO9. The Hall–Kier alpha value is -0.400. The lowest BCUT2D eigenvalue weighted by atomic mass is 9.94. The third-order valence-corrected chi connectivity index (χ3v) is 4.33. The van der Waals surface area contributed by atoms with Crippen molar-refractivity contribution in [3.8, 4) is 0 Å². The van der Waals surface area contributed by atoms with E-state index >= 15 is 0 Å². The maximum absolute atomic E-state index is 10.1. The summed E-state index contributed by atoms with van der Waals surface area (Å²) in [6, 6.07) is -1.14. The third kappa shape index (κ3) is 3.66. The summed E-state index contributed by atoms with van der Waals surface area (Å²) < 4.78 is 16.1. The molecule has 0 spiro atoms. The minimum Gasteiger partial charge on any atom is -0.394 e. The molecule has 2 heterocycles. The summed E-state index contributed by atoms with van der Waals surface area (Å²) in [6.45, 7) is 0.501. The first kappa shape index (κ1) is 18.9. The van der Waals surface area contributed by atoms with Crippen LogP contribution in [0.5, 0.6) is 0 Å². The van der Waals surface area contributed by atoms with Gasteiger partial charge < -0.3 is 50.6 Å². The molecule has 2 fully saturated rings. The molecule has 0 aromatic carbocycles. The Balaban J connectivity index is 2.11. The predicted molar refractivity (Wildman–Crippen MR) is 74.0 cm³/mol. The van der Waals surface area contributed by atoms with Crippen molar-refractivity contribution in [3.63, 3.8) is 0 Å². The van der Waals surface area contributed by atoms with Crippen molar-refractivity contribution in [1.82, 2.24) is 0 Å². The van der Waals surface area contributed by atoms with Crippen LogP contribution in [-0.4, -0.2) is 105 Å². The van der Waals surface area contributed by atoms with Gasteiger partial charge in [0.15, 0.2) is 6.29 Å². The first-order chi connectivity index (χ1) is 10.8. The van der Waals surface area contributed by atoms with Crippen LogP contribution in [-0.2, 0) is 14.2 Å². The van der Waals surface area contributed by atoms with Crippen molar-refractivity contribution in [2.75, 3.05) is 13.2 Å². The van der Waals surface area contributed by atoms with Crippen molar-refractivity contribution in [1.29, 1.82) is 0 Å². The van der Waals surface area contributed by atoms with Crippen LogP contribution < -0.4 is 5.73 Å². The molecule has 1 unspecified atom stereocenters. The molecule has 10 atom stereocenters. The topological polar surface area (TPSA) is 175 Å². The minimum absolute atomic E-state index is 0.486. The van der Waals surface area contributed by atoms with Crippen LogP contribution >= 0.6 is 0 Å². The Labute approximate surface area is 133 Å². The van der Waals surface area contributed by atoms with Gasteiger partial charge in [-0.3, -0.25) is 0 Å². The van der Waals surface area contributed by atoms with E-state index in [2.05, 4.69) is 0 Å². The van der Waals surface area contributed by atoms with Crippen molar-refractivity contribution in [2.45, 2.75) is 68.1 Å². The summed E-state index contributed by atoms with van der Waals surface area (Å²) in [5.74, 6) is 0. The lowest BCUT2D eigenvalue weighted by Gasteiger charge is -2.46. The van der Waals surface area contributed by atoms with Gasteiger partial charge in [-0.2, -0.15) is 0 Å². The fourth-order valence-electron chi connectivity index (χ4n) is 2.82. The number of hydrogen-bond donors (Lipinski definition) is 7. The van der Waals surface area contributed by atoms with Gasteiger partial charge in [-0.15, -0.1) is 0 Å². The summed E-state index contributed by atoms with van der Waals surface area (Å²) in [4.78, 5) is 0. The first-order valence-corrected chi connectivity index (χ1v) is 7.47. The molecule has 136 valence electrons. The fourth-order valence-corrected chi connectivity index (χ4v) is 2.82. The fraction of sp³-hybridized carbons (Fsp3) is 1.00. The highest BCUT2D eigenvalue weighted by Crippen LogP contribution is 2.28. The zero-order valence-corrected chi connectivity index (χ0v) is 12.7. The number of hydrogen-bond acceptors (Lipinski definition) is 10. The first-order valence-electron chi connectivity index (χ1n) is 7.47. The smallest absolute Gasteiger partial charge is 0.186 e. The van der Waals surface area contributed by atoms with Crippen LogP contribution in [0.15, 0.2) is 0 Å². The van der Waals surface area contributed by atoms with E-state index < -0.39 is 74.4 Å². The van der Waals surface area contributed by atoms with Crippen LogP contribution in [0.25, 0.3) is 0 Å². The van der Waals surface area contributed by atoms with Crippen molar-refractivity contribution >= 4 is 0 Å². The van der Waals surface area contributed by atoms with Gasteiger partial charge in [0.2, 0.25) is 0 Å². The molecule has 2 saturated heterocycles. The number of aliphatic hydroxyl groups excluding tert-OH is 6. The normalized spacial score (nSPS) is 51.7. The lowest BCUT2D eigenvalue weighted by Crippen LogP contribution is -2.66. The van der Waals surface area contributed by atoms with Gasteiger partial charge in [0.25, 0.3) is 0 Å². The monoisotopic (exact) mass is 339 g/mol. The molecule has 2 aliphatic heterocycles. The number of rotatable bonds is 4. The lowest BCUT2D eigenvalue weighted by molar-refractivity contribution is -0.327. The highest BCUT2D eigenvalue weighted by atomic mass is 16.7. The number of ether oxygens (including phenoxy) is 3. The summed E-state index contributed by atoms with van der Waals surface area (Å²) in [5, 5.41) is 58.4. The molecule has 8 N–H and O–H groups in total. The van der Waals surface area contributed by atoms with Crippen molar-refractivity contribution in [2.24, 2.45) is 5.73 Å². The zero-order valence-electron chi connectivity index (χ0n) is 12.7. The zero-order chi connectivity index (χ0) is 17.3. The number of aliphatic hydroxyl groups is 6. The molecule has 0 aromatic rings. The van der Waals surface area contributed by atoms with E-state index in [0.29, 0.717) is 0 Å². The highest BCUT2D eigenvalue weighted by Gasteiger charge is 2.49.